The number of ether oxygens (including phenoxy) is 1. The molecule has 10 nitrogen and oxygen atoms in total. The molecular formula is C15H20N4O6. The van der Waals surface area contributed by atoms with Crippen molar-refractivity contribution in [2.45, 2.75) is 38.4 Å². The van der Waals surface area contributed by atoms with E-state index < -0.39 is 36.7 Å². The van der Waals surface area contributed by atoms with Crippen LogP contribution in [0.15, 0.2) is 17.1 Å². The maximum absolute atomic E-state index is 12.2. The Labute approximate surface area is 142 Å². The largest absolute Gasteiger partial charge is 0.394 e. The van der Waals surface area contributed by atoms with Crippen LogP contribution in [0.1, 0.15) is 20.1 Å². The average Bonchev–Trinajstić information content (AvgIpc) is 3.10. The summed E-state index contributed by atoms with van der Waals surface area (Å²) in [5, 5.41) is 32.0. The summed E-state index contributed by atoms with van der Waals surface area (Å²) in [7, 11) is 0. The molecular weight excluding hydrogens is 332 g/mol. The van der Waals surface area contributed by atoms with Crippen LogP contribution in [-0.2, 0) is 9.53 Å². The number of carbonyl (C=O) groups excluding carboxylic acids is 1. The minimum absolute atomic E-state index is 0.0251. The number of amides is 1. The van der Waals surface area contributed by atoms with Gasteiger partial charge in [-0.1, -0.05) is 13.8 Å². The minimum atomic E-state index is -1.30. The van der Waals surface area contributed by atoms with Gasteiger partial charge in [0.05, 0.1) is 12.0 Å². The summed E-state index contributed by atoms with van der Waals surface area (Å²) in [6.07, 6.45) is -3.05. The minimum Gasteiger partial charge on any atom is -0.394 e. The molecule has 3 rings (SSSR count). The van der Waals surface area contributed by atoms with Crippen LogP contribution in [-0.4, -0.2) is 60.7 Å². The number of hydrogen-bond donors (Lipinski definition) is 5. The van der Waals surface area contributed by atoms with Gasteiger partial charge >= 0.3 is 0 Å². The van der Waals surface area contributed by atoms with E-state index in [2.05, 4.69) is 15.3 Å². The number of carbonyl (C=O) groups is 1. The Morgan fingerprint density at radius 1 is 1.44 bits per heavy atom. The number of nitrogens with one attached hydrogen (secondary N) is 2. The molecule has 1 aliphatic heterocycles. The summed E-state index contributed by atoms with van der Waals surface area (Å²) in [6, 6.07) is 1.49. The van der Waals surface area contributed by atoms with E-state index in [0.717, 1.165) is 0 Å². The fourth-order valence-corrected chi connectivity index (χ4v) is 2.68. The van der Waals surface area contributed by atoms with Crippen LogP contribution >= 0.6 is 0 Å². The van der Waals surface area contributed by atoms with E-state index in [1.165, 1.54) is 16.8 Å². The third-order valence-corrected chi connectivity index (χ3v) is 4.14. The molecule has 0 aliphatic carbocycles. The lowest BCUT2D eigenvalue weighted by Gasteiger charge is -2.17. The lowest BCUT2D eigenvalue weighted by molar-refractivity contribution is -0.118. The van der Waals surface area contributed by atoms with Crippen molar-refractivity contribution >= 4 is 22.9 Å². The first-order valence-electron chi connectivity index (χ1n) is 7.87. The number of aliphatic hydroxyl groups excluding tert-OH is 3. The molecule has 136 valence electrons. The van der Waals surface area contributed by atoms with Crippen molar-refractivity contribution in [2.75, 3.05) is 11.9 Å². The molecule has 0 bridgehead atoms. The van der Waals surface area contributed by atoms with Crippen LogP contribution in [0, 0.1) is 5.92 Å². The number of nitrogens with zero attached hydrogens (tertiary/aromatic N) is 2. The van der Waals surface area contributed by atoms with E-state index in [0.29, 0.717) is 0 Å². The van der Waals surface area contributed by atoms with E-state index >= 15 is 0 Å². The van der Waals surface area contributed by atoms with Crippen LogP contribution in [0.4, 0.5) is 5.95 Å². The zero-order chi connectivity index (χ0) is 18.3. The van der Waals surface area contributed by atoms with Gasteiger partial charge in [0, 0.05) is 12.1 Å². The summed E-state index contributed by atoms with van der Waals surface area (Å²) < 4.78 is 6.85. The maximum atomic E-state index is 12.2. The molecule has 5 N–H and O–H groups in total. The Bertz CT molecular complexity index is 844. The van der Waals surface area contributed by atoms with Crippen molar-refractivity contribution in [3.63, 3.8) is 0 Å². The highest BCUT2D eigenvalue weighted by Crippen LogP contribution is 2.31. The number of anilines is 1. The number of hydrogen-bond acceptors (Lipinski definition) is 7. The predicted octanol–water partition coefficient (Wildman–Crippen LogP) is -1.07. The Morgan fingerprint density at radius 3 is 2.76 bits per heavy atom. The molecule has 2 unspecified atom stereocenters. The lowest BCUT2D eigenvalue weighted by Crippen LogP contribution is -2.33. The van der Waals surface area contributed by atoms with Crippen LogP contribution in [0.2, 0.25) is 0 Å². The summed E-state index contributed by atoms with van der Waals surface area (Å²) in [6.45, 7) is 2.94. The molecule has 1 amide bonds. The highest BCUT2D eigenvalue weighted by Gasteiger charge is 2.43. The van der Waals surface area contributed by atoms with E-state index in [-0.39, 0.29) is 28.8 Å². The molecule has 1 saturated heterocycles. The first kappa shape index (κ1) is 17.5. The summed E-state index contributed by atoms with van der Waals surface area (Å²) in [5.41, 5.74) is -0.285. The number of aliphatic hydroxyl groups is 3. The second kappa shape index (κ2) is 6.56. The second-order valence-electron chi connectivity index (χ2n) is 6.25. The van der Waals surface area contributed by atoms with Crippen molar-refractivity contribution < 1.29 is 24.9 Å². The molecule has 1 fully saturated rings. The van der Waals surface area contributed by atoms with E-state index in [9.17, 15) is 24.9 Å². The summed E-state index contributed by atoms with van der Waals surface area (Å²) in [5.74, 6) is -0.635. The van der Waals surface area contributed by atoms with Gasteiger partial charge in [-0.2, -0.15) is 4.98 Å². The van der Waals surface area contributed by atoms with Gasteiger partial charge in [0.15, 0.2) is 11.9 Å². The van der Waals surface area contributed by atoms with Gasteiger partial charge in [0.25, 0.3) is 5.56 Å². The van der Waals surface area contributed by atoms with Gasteiger partial charge in [-0.15, -0.1) is 0 Å². The third kappa shape index (κ3) is 3.04. The van der Waals surface area contributed by atoms with Crippen LogP contribution in [0.3, 0.4) is 0 Å². The number of aromatic amines is 1. The number of rotatable bonds is 4. The Kier molecular flexibility index (Phi) is 4.60. The molecule has 10 heteroatoms. The fraction of sp³-hybridized carbons (Fsp3) is 0.533. The first-order chi connectivity index (χ1) is 11.8. The van der Waals surface area contributed by atoms with E-state index in [1.54, 1.807) is 13.8 Å². The highest BCUT2D eigenvalue weighted by molar-refractivity contribution is 5.91. The zero-order valence-electron chi connectivity index (χ0n) is 13.7. The average molecular weight is 352 g/mol. The molecule has 1 aliphatic rings. The highest BCUT2D eigenvalue weighted by atomic mass is 16.6. The van der Waals surface area contributed by atoms with Crippen molar-refractivity contribution in [2.24, 2.45) is 5.92 Å². The molecule has 0 radical (unpaired) electrons. The summed E-state index contributed by atoms with van der Waals surface area (Å²) >= 11 is 0. The predicted molar refractivity (Wildman–Crippen MR) is 86.8 cm³/mol. The van der Waals surface area contributed by atoms with Crippen molar-refractivity contribution in [1.29, 1.82) is 0 Å². The molecule has 3 heterocycles. The van der Waals surface area contributed by atoms with Gasteiger partial charge in [0.2, 0.25) is 11.9 Å². The number of aromatic nitrogens is 3. The fourth-order valence-electron chi connectivity index (χ4n) is 2.68. The molecule has 2 aromatic heterocycles. The third-order valence-electron chi connectivity index (χ3n) is 4.14. The van der Waals surface area contributed by atoms with Gasteiger partial charge in [-0.25, -0.2) is 0 Å². The normalized spacial score (nSPS) is 26.5. The lowest BCUT2D eigenvalue weighted by atomic mass is 10.1. The quantitative estimate of drug-likeness (QED) is 0.470. The van der Waals surface area contributed by atoms with Crippen LogP contribution in [0.5, 0.6) is 0 Å². The summed E-state index contributed by atoms with van der Waals surface area (Å²) in [4.78, 5) is 30.7. The Morgan fingerprint density at radius 2 is 2.16 bits per heavy atom. The van der Waals surface area contributed by atoms with Gasteiger partial charge < -0.3 is 24.6 Å². The van der Waals surface area contributed by atoms with Crippen LogP contribution in [0.25, 0.3) is 11.0 Å². The van der Waals surface area contributed by atoms with E-state index in [1.807, 2.05) is 0 Å². The smallest absolute Gasteiger partial charge is 0.261 e. The van der Waals surface area contributed by atoms with E-state index in [4.69, 9.17) is 4.74 Å². The molecule has 2 aromatic rings. The first-order valence-corrected chi connectivity index (χ1v) is 7.87. The molecule has 0 saturated carbocycles. The van der Waals surface area contributed by atoms with Crippen molar-refractivity contribution in [3.8, 4) is 0 Å². The Hall–Kier alpha value is -2.27. The standard InChI is InChI=1S/C15H20N4O6/c1-6(2)12(23)17-15-16-11-7(13(24)18-15)3-4-19(11)14-10(22)9(21)8(5-20)25-14/h3-4,6,8-10,14,20-22H,5H2,1-2H3,(H2,16,17,18,23,24)/t8?,9-,10-,14?/m1/s1. The number of H-pyrrole nitrogens is 1. The monoisotopic (exact) mass is 352 g/mol. The number of fused-ring (bicyclic) bond motifs is 1. The maximum Gasteiger partial charge on any atom is 0.261 e. The molecule has 0 aromatic carbocycles. The molecule has 25 heavy (non-hydrogen) atoms. The van der Waals surface area contributed by atoms with Crippen LogP contribution < -0.4 is 10.9 Å². The second-order valence-corrected chi connectivity index (χ2v) is 6.25. The van der Waals surface area contributed by atoms with Crippen molar-refractivity contribution in [3.05, 3.63) is 22.6 Å². The van der Waals surface area contributed by atoms with Crippen molar-refractivity contribution in [1.82, 2.24) is 14.5 Å². The molecule has 4 atom stereocenters. The Balaban J connectivity index is 2.01. The van der Waals surface area contributed by atoms with Gasteiger partial charge in [-0.3, -0.25) is 19.9 Å². The molecule has 0 spiro atoms. The van der Waals surface area contributed by atoms with Gasteiger partial charge in [-0.05, 0) is 6.07 Å². The van der Waals surface area contributed by atoms with Gasteiger partial charge in [0.1, 0.15) is 18.3 Å². The zero-order valence-corrected chi connectivity index (χ0v) is 13.7. The SMILES string of the molecule is CC(C)C(=O)Nc1nc2c(ccn2C2OC(CO)[C@@H](O)[C@H]2O)c(=O)[nH]1. The topological polar surface area (TPSA) is 150 Å².